The Balaban J connectivity index is 1.90. The van der Waals surface area contributed by atoms with Crippen molar-refractivity contribution in [1.29, 1.82) is 0 Å². The van der Waals surface area contributed by atoms with Crippen LogP contribution in [0.3, 0.4) is 0 Å². The minimum atomic E-state index is -0.970. The predicted octanol–water partition coefficient (Wildman–Crippen LogP) is 3.56. The molecule has 5 heteroatoms. The number of hydrogen-bond acceptors (Lipinski definition) is 3. The summed E-state index contributed by atoms with van der Waals surface area (Å²) in [5.74, 6) is 0.169. The largest absolute Gasteiger partial charge is 0.463 e. The molecule has 0 spiro atoms. The van der Waals surface area contributed by atoms with E-state index in [1.807, 2.05) is 48.5 Å². The van der Waals surface area contributed by atoms with Crippen molar-refractivity contribution in [3.8, 4) is 0 Å². The highest BCUT2D eigenvalue weighted by Gasteiger charge is 2.15. The van der Waals surface area contributed by atoms with Gasteiger partial charge in [-0.3, -0.25) is 9.00 Å². The first-order valence-corrected chi connectivity index (χ1v) is 8.53. The summed E-state index contributed by atoms with van der Waals surface area (Å²) in [7, 11) is -0.970. The van der Waals surface area contributed by atoms with Crippen LogP contribution < -0.4 is 5.32 Å². The number of carbonyl (C=O) groups is 1. The monoisotopic (exact) mass is 313 g/mol. The molecule has 0 aliphatic heterocycles. The molecule has 3 rings (SSSR count). The van der Waals surface area contributed by atoms with Crippen LogP contribution in [0.5, 0.6) is 0 Å². The standard InChI is InChI=1S/C17H15NO3S/c1-22(20)11-12-6-2-4-8-15(12)18-17(19)14-10-21-16-9-5-3-7-13(14)16/h2-10H,11H2,1H3,(H,18,19)/t22-/m0/s1. The molecule has 0 saturated carbocycles. The summed E-state index contributed by atoms with van der Waals surface area (Å²) in [6.07, 6.45) is 3.10. The zero-order chi connectivity index (χ0) is 15.5. The van der Waals surface area contributed by atoms with Crippen LogP contribution in [0, 0.1) is 0 Å². The molecule has 0 fully saturated rings. The number of amides is 1. The van der Waals surface area contributed by atoms with E-state index in [-0.39, 0.29) is 5.91 Å². The van der Waals surface area contributed by atoms with Crippen molar-refractivity contribution in [2.75, 3.05) is 11.6 Å². The molecule has 1 amide bonds. The minimum absolute atomic E-state index is 0.237. The Morgan fingerprint density at radius 3 is 2.68 bits per heavy atom. The summed E-state index contributed by atoms with van der Waals surface area (Å²) >= 11 is 0. The third-order valence-electron chi connectivity index (χ3n) is 3.35. The molecule has 0 radical (unpaired) electrons. The molecule has 0 saturated heterocycles. The summed E-state index contributed by atoms with van der Waals surface area (Å²) in [6, 6.07) is 14.8. The fourth-order valence-corrected chi connectivity index (χ4v) is 3.02. The molecule has 1 N–H and O–H groups in total. The van der Waals surface area contributed by atoms with Crippen LogP contribution in [0.25, 0.3) is 11.0 Å². The summed E-state index contributed by atoms with van der Waals surface area (Å²) in [5, 5.41) is 3.65. The molecule has 22 heavy (non-hydrogen) atoms. The van der Waals surface area contributed by atoms with Gasteiger partial charge in [0.15, 0.2) is 0 Å². The maximum Gasteiger partial charge on any atom is 0.259 e. The van der Waals surface area contributed by atoms with E-state index in [1.54, 1.807) is 6.26 Å². The fraction of sp³-hybridized carbons (Fsp3) is 0.118. The van der Waals surface area contributed by atoms with Gasteiger partial charge in [0.25, 0.3) is 5.91 Å². The maximum atomic E-state index is 12.5. The van der Waals surface area contributed by atoms with E-state index in [4.69, 9.17) is 4.42 Å². The lowest BCUT2D eigenvalue weighted by molar-refractivity contribution is 0.102. The van der Waals surface area contributed by atoms with Crippen LogP contribution in [0.1, 0.15) is 15.9 Å². The van der Waals surface area contributed by atoms with E-state index in [0.29, 0.717) is 22.6 Å². The van der Waals surface area contributed by atoms with E-state index in [0.717, 1.165) is 10.9 Å². The van der Waals surface area contributed by atoms with E-state index in [2.05, 4.69) is 5.32 Å². The van der Waals surface area contributed by atoms with Gasteiger partial charge < -0.3 is 9.73 Å². The first-order chi connectivity index (χ1) is 10.6. The molecule has 1 aromatic heterocycles. The molecule has 112 valence electrons. The van der Waals surface area contributed by atoms with Crippen molar-refractivity contribution in [3.63, 3.8) is 0 Å². The summed E-state index contributed by atoms with van der Waals surface area (Å²) in [5.41, 5.74) is 2.69. The Bertz CT molecular complexity index is 854. The molecular weight excluding hydrogens is 298 g/mol. The van der Waals surface area contributed by atoms with Gasteiger partial charge in [-0.15, -0.1) is 0 Å². The summed E-state index contributed by atoms with van der Waals surface area (Å²) < 4.78 is 16.8. The second-order valence-corrected chi connectivity index (χ2v) is 6.41. The quantitative estimate of drug-likeness (QED) is 0.801. The molecular formula is C17H15NO3S. The van der Waals surface area contributed by atoms with E-state index >= 15 is 0 Å². The number of furan rings is 1. The normalized spacial score (nSPS) is 12.2. The van der Waals surface area contributed by atoms with Crippen molar-refractivity contribution in [2.24, 2.45) is 0 Å². The van der Waals surface area contributed by atoms with Gasteiger partial charge in [0, 0.05) is 28.1 Å². The second kappa shape index (κ2) is 6.15. The first kappa shape index (κ1) is 14.5. The summed E-state index contributed by atoms with van der Waals surface area (Å²) in [6.45, 7) is 0. The van der Waals surface area contributed by atoms with Gasteiger partial charge in [-0.1, -0.05) is 36.4 Å². The van der Waals surface area contributed by atoms with Crippen LogP contribution in [0.4, 0.5) is 5.69 Å². The number of nitrogens with one attached hydrogen (secondary N) is 1. The molecule has 0 aliphatic carbocycles. The highest BCUT2D eigenvalue weighted by molar-refractivity contribution is 7.83. The Labute approximate surface area is 130 Å². The summed E-state index contributed by atoms with van der Waals surface area (Å²) in [4.78, 5) is 12.5. The Morgan fingerprint density at radius 2 is 1.86 bits per heavy atom. The fourth-order valence-electron chi connectivity index (χ4n) is 2.33. The second-order valence-electron chi connectivity index (χ2n) is 4.97. The van der Waals surface area contributed by atoms with Crippen LogP contribution in [-0.2, 0) is 16.6 Å². The number of para-hydroxylation sites is 2. The van der Waals surface area contributed by atoms with Gasteiger partial charge in [0.2, 0.25) is 0 Å². The van der Waals surface area contributed by atoms with Gasteiger partial charge in [0.1, 0.15) is 11.8 Å². The molecule has 4 nitrogen and oxygen atoms in total. The molecule has 1 atom stereocenters. The lowest BCUT2D eigenvalue weighted by Crippen LogP contribution is -2.13. The number of benzene rings is 2. The zero-order valence-electron chi connectivity index (χ0n) is 12.0. The van der Waals surface area contributed by atoms with Crippen molar-refractivity contribution >= 4 is 33.4 Å². The molecule has 1 heterocycles. The third-order valence-corrected chi connectivity index (χ3v) is 4.07. The molecule has 0 aliphatic rings. The van der Waals surface area contributed by atoms with Crippen LogP contribution in [-0.4, -0.2) is 16.4 Å². The van der Waals surface area contributed by atoms with E-state index in [1.165, 1.54) is 6.26 Å². The van der Waals surface area contributed by atoms with Gasteiger partial charge in [-0.2, -0.15) is 0 Å². The minimum Gasteiger partial charge on any atom is -0.463 e. The highest BCUT2D eigenvalue weighted by Crippen LogP contribution is 2.23. The number of carbonyl (C=O) groups excluding carboxylic acids is 1. The Kier molecular flexibility index (Phi) is 4.06. The van der Waals surface area contributed by atoms with Crippen molar-refractivity contribution in [3.05, 3.63) is 65.9 Å². The van der Waals surface area contributed by atoms with Gasteiger partial charge >= 0.3 is 0 Å². The average Bonchev–Trinajstić information content (AvgIpc) is 2.93. The van der Waals surface area contributed by atoms with E-state index in [9.17, 15) is 9.00 Å². The van der Waals surface area contributed by atoms with Crippen LogP contribution >= 0.6 is 0 Å². The Morgan fingerprint density at radius 1 is 1.14 bits per heavy atom. The maximum absolute atomic E-state index is 12.5. The molecule has 0 bridgehead atoms. The SMILES string of the molecule is C[S@](=O)Cc1ccccc1NC(=O)c1coc2ccccc12. The predicted molar refractivity (Wildman–Crippen MR) is 88.4 cm³/mol. The lowest BCUT2D eigenvalue weighted by atomic mass is 10.1. The molecule has 3 aromatic rings. The van der Waals surface area contributed by atoms with Crippen LogP contribution in [0.2, 0.25) is 0 Å². The molecule has 0 unspecified atom stereocenters. The lowest BCUT2D eigenvalue weighted by Gasteiger charge is -2.09. The van der Waals surface area contributed by atoms with Gasteiger partial charge in [-0.05, 0) is 17.7 Å². The van der Waals surface area contributed by atoms with Crippen molar-refractivity contribution < 1.29 is 13.4 Å². The van der Waals surface area contributed by atoms with Crippen molar-refractivity contribution in [1.82, 2.24) is 0 Å². The van der Waals surface area contributed by atoms with Crippen molar-refractivity contribution in [2.45, 2.75) is 5.75 Å². The number of fused-ring (bicyclic) bond motifs is 1. The average molecular weight is 313 g/mol. The first-order valence-electron chi connectivity index (χ1n) is 6.80. The van der Waals surface area contributed by atoms with Crippen LogP contribution in [0.15, 0.2) is 59.2 Å². The molecule has 2 aromatic carbocycles. The highest BCUT2D eigenvalue weighted by atomic mass is 32.2. The topological polar surface area (TPSA) is 59.3 Å². The smallest absolute Gasteiger partial charge is 0.259 e. The third kappa shape index (κ3) is 2.94. The number of anilines is 1. The van der Waals surface area contributed by atoms with E-state index < -0.39 is 10.8 Å². The number of rotatable bonds is 4. The Hall–Kier alpha value is -2.40. The number of hydrogen-bond donors (Lipinski definition) is 1. The van der Waals surface area contributed by atoms with Gasteiger partial charge in [-0.25, -0.2) is 0 Å². The zero-order valence-corrected chi connectivity index (χ0v) is 12.9. The van der Waals surface area contributed by atoms with Gasteiger partial charge in [0.05, 0.1) is 11.3 Å².